The fourth-order valence-electron chi connectivity index (χ4n) is 2.24. The summed E-state index contributed by atoms with van der Waals surface area (Å²) in [6.07, 6.45) is 1.93. The zero-order valence-corrected chi connectivity index (χ0v) is 10.4. The molecule has 0 aliphatic carbocycles. The predicted octanol–water partition coefficient (Wildman–Crippen LogP) is 2.75. The van der Waals surface area contributed by atoms with E-state index in [2.05, 4.69) is 15.5 Å². The number of hydrogen-bond donors (Lipinski definition) is 1. The summed E-state index contributed by atoms with van der Waals surface area (Å²) >= 11 is 0. The molecule has 4 nitrogen and oxygen atoms in total. The number of aromatic nitrogens is 2. The van der Waals surface area contributed by atoms with E-state index in [4.69, 9.17) is 4.52 Å². The summed E-state index contributed by atoms with van der Waals surface area (Å²) in [5.74, 6) is -1.01. The first-order chi connectivity index (χ1) is 9.16. The number of aryl methyl sites for hydroxylation is 1. The highest BCUT2D eigenvalue weighted by atomic mass is 19.1. The number of rotatable bonds is 2. The van der Waals surface area contributed by atoms with E-state index in [1.165, 1.54) is 12.1 Å². The van der Waals surface area contributed by atoms with Crippen LogP contribution in [-0.4, -0.2) is 16.7 Å². The van der Waals surface area contributed by atoms with Crippen molar-refractivity contribution in [1.82, 2.24) is 15.5 Å². The Kier molecular flexibility index (Phi) is 3.02. The molecule has 1 N–H and O–H groups in total. The van der Waals surface area contributed by atoms with Crippen LogP contribution in [0.5, 0.6) is 0 Å². The van der Waals surface area contributed by atoms with Crippen molar-refractivity contribution in [2.24, 2.45) is 0 Å². The molecule has 3 rings (SSSR count). The Hall–Kier alpha value is -1.82. The minimum Gasteiger partial charge on any atom is -0.334 e. The van der Waals surface area contributed by atoms with Gasteiger partial charge in [-0.05, 0) is 37.9 Å². The average Bonchev–Trinajstić information content (AvgIpc) is 3.04. The minimum absolute atomic E-state index is 0.00781. The van der Waals surface area contributed by atoms with Crippen molar-refractivity contribution in [3.05, 3.63) is 35.2 Å². The second-order valence-corrected chi connectivity index (χ2v) is 4.66. The fourth-order valence-corrected chi connectivity index (χ4v) is 2.24. The van der Waals surface area contributed by atoms with Crippen LogP contribution in [0.4, 0.5) is 8.78 Å². The molecule has 1 aliphatic heterocycles. The van der Waals surface area contributed by atoms with E-state index in [1.54, 1.807) is 6.92 Å². The summed E-state index contributed by atoms with van der Waals surface area (Å²) in [6, 6.07) is 2.59. The molecule has 0 bridgehead atoms. The molecule has 1 aromatic carbocycles. The Morgan fingerprint density at radius 1 is 1.37 bits per heavy atom. The number of hydrogen-bond acceptors (Lipinski definition) is 4. The van der Waals surface area contributed by atoms with Crippen LogP contribution < -0.4 is 5.32 Å². The van der Waals surface area contributed by atoms with Crippen LogP contribution in [-0.2, 0) is 0 Å². The predicted molar refractivity (Wildman–Crippen MR) is 64.4 cm³/mol. The third-order valence-corrected chi connectivity index (χ3v) is 3.31. The summed E-state index contributed by atoms with van der Waals surface area (Å²) in [5.41, 5.74) is 0.0897. The van der Waals surface area contributed by atoms with Crippen LogP contribution in [0.1, 0.15) is 30.3 Å². The highest BCUT2D eigenvalue weighted by molar-refractivity contribution is 5.56. The van der Waals surface area contributed by atoms with Gasteiger partial charge in [0.2, 0.25) is 0 Å². The molecule has 2 heterocycles. The fraction of sp³-hybridized carbons (Fsp3) is 0.385. The van der Waals surface area contributed by atoms with E-state index >= 15 is 0 Å². The van der Waals surface area contributed by atoms with Crippen molar-refractivity contribution in [3.63, 3.8) is 0 Å². The van der Waals surface area contributed by atoms with Gasteiger partial charge in [-0.15, -0.1) is 0 Å². The zero-order chi connectivity index (χ0) is 13.4. The first-order valence-corrected chi connectivity index (χ1v) is 6.19. The molecule has 1 unspecified atom stereocenters. The molecule has 1 atom stereocenters. The second-order valence-electron chi connectivity index (χ2n) is 4.66. The molecule has 1 saturated heterocycles. The Bertz CT molecular complexity index is 606. The molecule has 2 aromatic rings. The molecule has 0 radical (unpaired) electrons. The lowest BCUT2D eigenvalue weighted by Gasteiger charge is -2.03. The molecule has 19 heavy (non-hydrogen) atoms. The lowest BCUT2D eigenvalue weighted by molar-refractivity contribution is 0.408. The van der Waals surface area contributed by atoms with Gasteiger partial charge in [-0.2, -0.15) is 4.98 Å². The first-order valence-electron chi connectivity index (χ1n) is 6.19. The van der Waals surface area contributed by atoms with Gasteiger partial charge < -0.3 is 9.84 Å². The largest absolute Gasteiger partial charge is 0.334 e. The van der Waals surface area contributed by atoms with Crippen LogP contribution >= 0.6 is 0 Å². The van der Waals surface area contributed by atoms with Gasteiger partial charge in [0.25, 0.3) is 5.89 Å². The SMILES string of the molecule is Cc1ccc(F)c(-c2nc(C3CCCN3)no2)c1F. The Balaban J connectivity index is 2.01. The maximum Gasteiger partial charge on any atom is 0.263 e. The summed E-state index contributed by atoms with van der Waals surface area (Å²) in [4.78, 5) is 4.11. The smallest absolute Gasteiger partial charge is 0.263 e. The Morgan fingerprint density at radius 2 is 2.21 bits per heavy atom. The average molecular weight is 265 g/mol. The molecule has 1 aliphatic rings. The third-order valence-electron chi connectivity index (χ3n) is 3.31. The van der Waals surface area contributed by atoms with E-state index in [9.17, 15) is 8.78 Å². The van der Waals surface area contributed by atoms with E-state index < -0.39 is 11.6 Å². The van der Waals surface area contributed by atoms with Crippen molar-refractivity contribution in [1.29, 1.82) is 0 Å². The van der Waals surface area contributed by atoms with Gasteiger partial charge >= 0.3 is 0 Å². The van der Waals surface area contributed by atoms with Gasteiger partial charge in [0, 0.05) is 0 Å². The quantitative estimate of drug-likeness (QED) is 0.907. The molecule has 6 heteroatoms. The summed E-state index contributed by atoms with van der Waals surface area (Å²) in [5, 5.41) is 7.01. The van der Waals surface area contributed by atoms with Gasteiger partial charge in [-0.1, -0.05) is 11.2 Å². The Labute approximate surface area is 108 Å². The maximum atomic E-state index is 14.0. The summed E-state index contributed by atoms with van der Waals surface area (Å²) in [7, 11) is 0. The number of halogens is 2. The molecule has 0 saturated carbocycles. The highest BCUT2D eigenvalue weighted by Crippen LogP contribution is 2.28. The number of nitrogens with one attached hydrogen (secondary N) is 1. The topological polar surface area (TPSA) is 51.0 Å². The highest BCUT2D eigenvalue weighted by Gasteiger charge is 2.25. The molecule has 1 aromatic heterocycles. The number of nitrogens with zero attached hydrogens (tertiary/aromatic N) is 2. The lowest BCUT2D eigenvalue weighted by atomic mass is 10.1. The maximum absolute atomic E-state index is 14.0. The summed E-state index contributed by atoms with van der Waals surface area (Å²) in [6.45, 7) is 2.45. The zero-order valence-electron chi connectivity index (χ0n) is 10.4. The van der Waals surface area contributed by atoms with Crippen LogP contribution in [0.3, 0.4) is 0 Å². The van der Waals surface area contributed by atoms with Crippen LogP contribution in [0.25, 0.3) is 11.5 Å². The van der Waals surface area contributed by atoms with Gasteiger partial charge in [-0.3, -0.25) is 0 Å². The normalized spacial score (nSPS) is 19.0. The molecular formula is C13H13F2N3O. The van der Waals surface area contributed by atoms with Crippen molar-refractivity contribution in [3.8, 4) is 11.5 Å². The molecule has 0 amide bonds. The van der Waals surface area contributed by atoms with Crippen LogP contribution in [0, 0.1) is 18.6 Å². The summed E-state index contributed by atoms with van der Waals surface area (Å²) < 4.78 is 32.7. The van der Waals surface area contributed by atoms with E-state index in [0.717, 1.165) is 19.4 Å². The van der Waals surface area contributed by atoms with E-state index in [-0.39, 0.29) is 17.5 Å². The molecule has 0 spiro atoms. The van der Waals surface area contributed by atoms with Crippen molar-refractivity contribution in [2.75, 3.05) is 6.54 Å². The van der Waals surface area contributed by atoms with Crippen molar-refractivity contribution < 1.29 is 13.3 Å². The monoisotopic (exact) mass is 265 g/mol. The first kappa shape index (κ1) is 12.2. The third kappa shape index (κ3) is 2.12. The van der Waals surface area contributed by atoms with Crippen molar-refractivity contribution in [2.45, 2.75) is 25.8 Å². The lowest BCUT2D eigenvalue weighted by Crippen LogP contribution is -2.14. The molecular weight excluding hydrogens is 252 g/mol. The number of benzene rings is 1. The minimum atomic E-state index is -0.697. The van der Waals surface area contributed by atoms with E-state index in [1.807, 2.05) is 0 Å². The molecule has 1 fully saturated rings. The van der Waals surface area contributed by atoms with Crippen molar-refractivity contribution >= 4 is 0 Å². The standard InChI is InChI=1S/C13H13F2N3O/c1-7-4-5-8(14)10(11(7)15)13-17-12(18-19-13)9-3-2-6-16-9/h4-5,9,16H,2-3,6H2,1H3. The van der Waals surface area contributed by atoms with Crippen LogP contribution in [0.2, 0.25) is 0 Å². The van der Waals surface area contributed by atoms with Gasteiger partial charge in [0.1, 0.15) is 17.2 Å². The van der Waals surface area contributed by atoms with Gasteiger partial charge in [-0.25, -0.2) is 8.78 Å². The van der Waals surface area contributed by atoms with Gasteiger partial charge in [0.05, 0.1) is 6.04 Å². The van der Waals surface area contributed by atoms with Gasteiger partial charge in [0.15, 0.2) is 5.82 Å². The molecule has 100 valence electrons. The Morgan fingerprint density at radius 3 is 2.95 bits per heavy atom. The van der Waals surface area contributed by atoms with Crippen LogP contribution in [0.15, 0.2) is 16.7 Å². The van der Waals surface area contributed by atoms with E-state index in [0.29, 0.717) is 11.4 Å². The second kappa shape index (κ2) is 4.70.